The third-order valence-corrected chi connectivity index (χ3v) is 5.04. The topological polar surface area (TPSA) is 46.6 Å². The highest BCUT2D eigenvalue weighted by Crippen LogP contribution is 2.19. The van der Waals surface area contributed by atoms with Crippen LogP contribution in [0.15, 0.2) is 53.4 Å². The first-order valence-electron chi connectivity index (χ1n) is 7.26. The van der Waals surface area contributed by atoms with Crippen LogP contribution in [0.3, 0.4) is 0 Å². The zero-order valence-electron chi connectivity index (χ0n) is 13.4. The second-order valence-corrected chi connectivity index (χ2v) is 7.57. The first-order chi connectivity index (χ1) is 10.8. The van der Waals surface area contributed by atoms with Gasteiger partial charge < -0.3 is 4.74 Å². The molecule has 0 atom stereocenters. The maximum absolute atomic E-state index is 12.9. The number of hydrogen-bond donors (Lipinski definition) is 0. The molecule has 4 nitrogen and oxygen atoms in total. The molecule has 0 unspecified atom stereocenters. The number of ether oxygens (including phenoxy) is 1. The Bertz CT molecular complexity index is 740. The third kappa shape index (κ3) is 4.53. The van der Waals surface area contributed by atoms with E-state index in [2.05, 4.69) is 0 Å². The van der Waals surface area contributed by atoms with Gasteiger partial charge in [-0.3, -0.25) is 0 Å². The molecule has 2 aromatic carbocycles. The number of rotatable bonds is 6. The zero-order chi connectivity index (χ0) is 17.0. The minimum Gasteiger partial charge on any atom is -0.491 e. The van der Waals surface area contributed by atoms with Crippen molar-refractivity contribution < 1.29 is 17.5 Å². The molecule has 2 aromatic rings. The molecule has 0 aliphatic rings. The van der Waals surface area contributed by atoms with Crippen molar-refractivity contribution in [2.75, 3.05) is 7.05 Å². The van der Waals surface area contributed by atoms with Crippen LogP contribution in [0, 0.1) is 5.82 Å². The summed E-state index contributed by atoms with van der Waals surface area (Å²) in [5.41, 5.74) is 0.842. The molecular formula is C17H20FNO3S. The van der Waals surface area contributed by atoms with Crippen LogP contribution in [-0.4, -0.2) is 25.9 Å². The van der Waals surface area contributed by atoms with E-state index in [1.807, 2.05) is 38.1 Å². The normalized spacial score (nSPS) is 11.9. The quantitative estimate of drug-likeness (QED) is 0.811. The smallest absolute Gasteiger partial charge is 0.243 e. The Kier molecular flexibility index (Phi) is 5.38. The second-order valence-electron chi connectivity index (χ2n) is 5.53. The largest absolute Gasteiger partial charge is 0.491 e. The van der Waals surface area contributed by atoms with Crippen LogP contribution >= 0.6 is 0 Å². The van der Waals surface area contributed by atoms with Crippen LogP contribution in [0.25, 0.3) is 0 Å². The van der Waals surface area contributed by atoms with Gasteiger partial charge in [-0.15, -0.1) is 0 Å². The van der Waals surface area contributed by atoms with Crippen molar-refractivity contribution in [3.63, 3.8) is 0 Å². The van der Waals surface area contributed by atoms with E-state index in [1.54, 1.807) is 0 Å². The predicted octanol–water partition coefficient (Wildman–Crippen LogP) is 3.43. The first kappa shape index (κ1) is 17.4. The summed E-state index contributed by atoms with van der Waals surface area (Å²) < 4.78 is 44.6. The Balaban J connectivity index is 2.11. The monoisotopic (exact) mass is 337 g/mol. The summed E-state index contributed by atoms with van der Waals surface area (Å²) in [5.74, 6) is 0.278. The molecule has 0 fully saturated rings. The van der Waals surface area contributed by atoms with E-state index in [1.165, 1.54) is 23.5 Å². The van der Waals surface area contributed by atoms with Crippen molar-refractivity contribution in [1.29, 1.82) is 0 Å². The molecule has 0 saturated carbocycles. The Morgan fingerprint density at radius 1 is 1.04 bits per heavy atom. The molecule has 0 aromatic heterocycles. The first-order valence-corrected chi connectivity index (χ1v) is 8.70. The van der Waals surface area contributed by atoms with Gasteiger partial charge in [-0.2, -0.15) is 4.31 Å². The molecule has 2 rings (SSSR count). The van der Waals surface area contributed by atoms with Gasteiger partial charge in [0, 0.05) is 13.6 Å². The standard InChI is InChI=1S/C17H20FNO3S/c1-13(2)22-16-8-4-14(5-9-16)12-19(3)23(20,21)17-10-6-15(18)7-11-17/h4-11,13H,12H2,1-3H3. The van der Waals surface area contributed by atoms with E-state index in [-0.39, 0.29) is 17.5 Å². The Hall–Kier alpha value is -1.92. The van der Waals surface area contributed by atoms with Crippen LogP contribution in [0.5, 0.6) is 5.75 Å². The van der Waals surface area contributed by atoms with Crippen LogP contribution in [0.4, 0.5) is 4.39 Å². The molecular weight excluding hydrogens is 317 g/mol. The molecule has 0 aliphatic carbocycles. The zero-order valence-corrected chi connectivity index (χ0v) is 14.2. The minimum atomic E-state index is -3.65. The maximum Gasteiger partial charge on any atom is 0.243 e. The molecule has 23 heavy (non-hydrogen) atoms. The van der Waals surface area contributed by atoms with Crippen molar-refractivity contribution >= 4 is 10.0 Å². The van der Waals surface area contributed by atoms with Gasteiger partial charge in [0.2, 0.25) is 10.0 Å². The summed E-state index contributed by atoms with van der Waals surface area (Å²) in [5, 5.41) is 0. The summed E-state index contributed by atoms with van der Waals surface area (Å²) in [4.78, 5) is 0.0705. The van der Waals surface area contributed by atoms with Crippen molar-refractivity contribution in [2.45, 2.75) is 31.4 Å². The summed E-state index contributed by atoms with van der Waals surface area (Å²) >= 11 is 0. The minimum absolute atomic E-state index is 0.0705. The van der Waals surface area contributed by atoms with Crippen LogP contribution in [0.2, 0.25) is 0 Å². The highest BCUT2D eigenvalue weighted by molar-refractivity contribution is 7.89. The van der Waals surface area contributed by atoms with Crippen molar-refractivity contribution in [3.05, 3.63) is 59.9 Å². The lowest BCUT2D eigenvalue weighted by Gasteiger charge is -2.18. The summed E-state index contributed by atoms with van der Waals surface area (Å²) in [6.07, 6.45) is 0.0855. The fourth-order valence-corrected chi connectivity index (χ4v) is 3.23. The molecule has 0 radical (unpaired) electrons. The van der Waals surface area contributed by atoms with Gasteiger partial charge in [-0.1, -0.05) is 12.1 Å². The molecule has 0 aliphatic heterocycles. The summed E-state index contributed by atoms with van der Waals surface area (Å²) in [6.45, 7) is 4.11. The van der Waals surface area contributed by atoms with Gasteiger partial charge in [0.25, 0.3) is 0 Å². The molecule has 0 amide bonds. The number of nitrogens with zero attached hydrogens (tertiary/aromatic N) is 1. The van der Waals surface area contributed by atoms with Gasteiger partial charge in [-0.25, -0.2) is 12.8 Å². The van der Waals surface area contributed by atoms with Crippen molar-refractivity contribution in [3.8, 4) is 5.75 Å². The van der Waals surface area contributed by atoms with Crippen molar-refractivity contribution in [2.24, 2.45) is 0 Å². The number of halogens is 1. The van der Waals surface area contributed by atoms with Gasteiger partial charge in [0.15, 0.2) is 0 Å². The van der Waals surface area contributed by atoms with E-state index in [0.717, 1.165) is 23.4 Å². The molecule has 6 heteroatoms. The molecule has 0 N–H and O–H groups in total. The molecule has 0 spiro atoms. The number of sulfonamides is 1. The lowest BCUT2D eigenvalue weighted by molar-refractivity contribution is 0.242. The van der Waals surface area contributed by atoms with Crippen molar-refractivity contribution in [1.82, 2.24) is 4.31 Å². The average Bonchev–Trinajstić information content (AvgIpc) is 2.49. The average molecular weight is 337 g/mol. The van der Waals surface area contributed by atoms with E-state index in [4.69, 9.17) is 4.74 Å². The van der Waals surface area contributed by atoms with E-state index < -0.39 is 15.8 Å². The Labute approximate surface area is 136 Å². The van der Waals surface area contributed by atoms with Crippen LogP contribution in [-0.2, 0) is 16.6 Å². The number of benzene rings is 2. The van der Waals surface area contributed by atoms with E-state index in [9.17, 15) is 12.8 Å². The Morgan fingerprint density at radius 2 is 1.61 bits per heavy atom. The summed E-state index contributed by atoms with van der Waals surface area (Å²) in [6, 6.07) is 12.1. The lowest BCUT2D eigenvalue weighted by atomic mass is 10.2. The highest BCUT2D eigenvalue weighted by Gasteiger charge is 2.20. The third-order valence-electron chi connectivity index (χ3n) is 3.22. The van der Waals surface area contributed by atoms with Gasteiger partial charge in [-0.05, 0) is 55.8 Å². The van der Waals surface area contributed by atoms with Gasteiger partial charge in [0.05, 0.1) is 11.0 Å². The molecule has 124 valence electrons. The Morgan fingerprint density at radius 3 is 2.13 bits per heavy atom. The van der Waals surface area contributed by atoms with E-state index >= 15 is 0 Å². The lowest BCUT2D eigenvalue weighted by Crippen LogP contribution is -2.26. The van der Waals surface area contributed by atoms with Crippen LogP contribution in [0.1, 0.15) is 19.4 Å². The van der Waals surface area contributed by atoms with Crippen LogP contribution < -0.4 is 4.74 Å². The number of hydrogen-bond acceptors (Lipinski definition) is 3. The fraction of sp³-hybridized carbons (Fsp3) is 0.294. The SMILES string of the molecule is CC(C)Oc1ccc(CN(C)S(=O)(=O)c2ccc(F)cc2)cc1. The van der Waals surface area contributed by atoms with Gasteiger partial charge >= 0.3 is 0 Å². The second kappa shape index (κ2) is 7.10. The molecule has 0 heterocycles. The maximum atomic E-state index is 12.9. The van der Waals surface area contributed by atoms with Gasteiger partial charge in [0.1, 0.15) is 11.6 Å². The fourth-order valence-electron chi connectivity index (χ4n) is 2.07. The van der Waals surface area contributed by atoms with E-state index in [0.29, 0.717) is 0 Å². The molecule has 0 saturated heterocycles. The summed E-state index contributed by atoms with van der Waals surface area (Å²) in [7, 11) is -2.15. The highest BCUT2D eigenvalue weighted by atomic mass is 32.2. The predicted molar refractivity (Wildman–Crippen MR) is 87.3 cm³/mol. The molecule has 0 bridgehead atoms.